The Morgan fingerprint density at radius 1 is 0.900 bits per heavy atom. The predicted molar refractivity (Wildman–Crippen MR) is 122 cm³/mol. The summed E-state index contributed by atoms with van der Waals surface area (Å²) in [4.78, 5) is 4.71. The van der Waals surface area contributed by atoms with Gasteiger partial charge in [0.15, 0.2) is 0 Å². The number of aromatic nitrogens is 2. The standard InChI is InChI=1S/C24H20BBrF2N2/c1-16-14-29-23(30(16)18-12-10-17(26)11-13-18)24(15-25,19-6-2-4-8-21(19)27)20-7-3-5-9-22(20)28/h2-14H,15,25H2,1H3. The van der Waals surface area contributed by atoms with Gasteiger partial charge in [-0.2, -0.15) is 0 Å². The maximum atomic E-state index is 15.2. The Hall–Kier alpha value is -2.73. The van der Waals surface area contributed by atoms with Crippen LogP contribution < -0.4 is 0 Å². The second-order valence-corrected chi connectivity index (χ2v) is 8.17. The summed E-state index contributed by atoms with van der Waals surface area (Å²) in [5.41, 5.74) is 1.48. The third-order valence-corrected chi connectivity index (χ3v) is 6.13. The molecule has 4 rings (SSSR count). The first-order valence-electron chi connectivity index (χ1n) is 9.79. The van der Waals surface area contributed by atoms with E-state index in [1.54, 1.807) is 42.6 Å². The Morgan fingerprint density at radius 2 is 1.43 bits per heavy atom. The maximum absolute atomic E-state index is 15.2. The number of halogens is 3. The van der Waals surface area contributed by atoms with Gasteiger partial charge in [-0.05, 0) is 43.3 Å². The summed E-state index contributed by atoms with van der Waals surface area (Å²) in [5, 5.41) is 0. The fraction of sp³-hybridized carbons (Fsp3) is 0.125. The molecule has 0 bridgehead atoms. The fourth-order valence-corrected chi connectivity index (χ4v) is 4.46. The van der Waals surface area contributed by atoms with Crippen LogP contribution in [0.5, 0.6) is 0 Å². The van der Waals surface area contributed by atoms with Crippen LogP contribution >= 0.6 is 15.9 Å². The van der Waals surface area contributed by atoms with Crippen molar-refractivity contribution in [1.82, 2.24) is 9.55 Å². The van der Waals surface area contributed by atoms with Crippen molar-refractivity contribution in [3.8, 4) is 5.69 Å². The molecule has 1 aromatic heterocycles. The summed E-state index contributed by atoms with van der Waals surface area (Å²) in [6.07, 6.45) is 2.19. The molecule has 0 spiro atoms. The highest BCUT2D eigenvalue weighted by atomic mass is 79.9. The Balaban J connectivity index is 2.10. The quantitative estimate of drug-likeness (QED) is 0.351. The molecule has 0 fully saturated rings. The second kappa shape index (κ2) is 8.19. The molecule has 0 atom stereocenters. The highest BCUT2D eigenvalue weighted by Crippen LogP contribution is 2.44. The van der Waals surface area contributed by atoms with Crippen LogP contribution in [0.3, 0.4) is 0 Å². The Kier molecular flexibility index (Phi) is 5.61. The van der Waals surface area contributed by atoms with E-state index < -0.39 is 5.41 Å². The zero-order valence-corrected chi connectivity index (χ0v) is 18.3. The lowest BCUT2D eigenvalue weighted by Crippen LogP contribution is -2.34. The second-order valence-electron chi connectivity index (χ2n) is 7.25. The van der Waals surface area contributed by atoms with Crippen molar-refractivity contribution in [3.05, 3.63) is 118 Å². The van der Waals surface area contributed by atoms with E-state index in [0.29, 0.717) is 23.3 Å². The van der Waals surface area contributed by atoms with Crippen molar-refractivity contribution in [3.63, 3.8) is 0 Å². The fourth-order valence-electron chi connectivity index (χ4n) is 4.19. The van der Waals surface area contributed by atoms with Crippen LogP contribution in [0.15, 0.2) is 83.5 Å². The van der Waals surface area contributed by atoms with Crippen LogP contribution in [0.1, 0.15) is 22.6 Å². The molecule has 0 aliphatic heterocycles. The molecule has 0 unspecified atom stereocenters. The summed E-state index contributed by atoms with van der Waals surface area (Å²) in [6.45, 7) is 1.95. The van der Waals surface area contributed by atoms with E-state index in [2.05, 4.69) is 15.9 Å². The third kappa shape index (κ3) is 3.29. The molecule has 3 aromatic carbocycles. The summed E-state index contributed by atoms with van der Waals surface area (Å²) < 4.78 is 33.3. The first-order chi connectivity index (χ1) is 14.5. The van der Waals surface area contributed by atoms with Gasteiger partial charge in [-0.1, -0.05) is 58.6 Å². The van der Waals surface area contributed by atoms with Crippen molar-refractivity contribution in [2.24, 2.45) is 0 Å². The molecule has 0 N–H and O–H groups in total. The van der Waals surface area contributed by atoms with Gasteiger partial charge in [-0.15, -0.1) is 0 Å². The first-order valence-corrected chi connectivity index (χ1v) is 10.6. The average Bonchev–Trinajstić information content (AvgIpc) is 3.14. The minimum absolute atomic E-state index is 0.384. The van der Waals surface area contributed by atoms with Gasteiger partial charge in [0.05, 0.1) is 5.41 Å². The van der Waals surface area contributed by atoms with E-state index in [4.69, 9.17) is 4.98 Å². The van der Waals surface area contributed by atoms with E-state index in [1.807, 2.05) is 43.6 Å². The molecular weight excluding hydrogens is 445 g/mol. The van der Waals surface area contributed by atoms with E-state index in [9.17, 15) is 0 Å². The number of hydrogen-bond donors (Lipinski definition) is 0. The van der Waals surface area contributed by atoms with Crippen molar-refractivity contribution < 1.29 is 8.78 Å². The van der Waals surface area contributed by atoms with Crippen molar-refractivity contribution in [2.75, 3.05) is 0 Å². The van der Waals surface area contributed by atoms with Crippen molar-refractivity contribution in [1.29, 1.82) is 0 Å². The minimum atomic E-state index is -1.10. The van der Waals surface area contributed by atoms with Gasteiger partial charge < -0.3 is 4.57 Å². The van der Waals surface area contributed by atoms with Gasteiger partial charge in [0.1, 0.15) is 25.3 Å². The van der Waals surface area contributed by atoms with Crippen molar-refractivity contribution in [2.45, 2.75) is 18.7 Å². The molecule has 2 nitrogen and oxygen atoms in total. The van der Waals surface area contributed by atoms with Gasteiger partial charge in [0.2, 0.25) is 0 Å². The van der Waals surface area contributed by atoms with E-state index in [1.165, 1.54) is 12.1 Å². The Bertz CT molecular complexity index is 1140. The molecule has 0 amide bonds. The zero-order valence-electron chi connectivity index (χ0n) is 16.7. The lowest BCUT2D eigenvalue weighted by molar-refractivity contribution is 0.513. The Labute approximate surface area is 184 Å². The number of hydrogen-bond acceptors (Lipinski definition) is 1. The Morgan fingerprint density at radius 3 is 1.93 bits per heavy atom. The van der Waals surface area contributed by atoms with Crippen LogP contribution in [0, 0.1) is 18.6 Å². The molecule has 1 heterocycles. The van der Waals surface area contributed by atoms with Gasteiger partial charge in [0, 0.05) is 33.2 Å². The molecule has 0 aliphatic carbocycles. The number of benzene rings is 3. The summed E-state index contributed by atoms with van der Waals surface area (Å²) in [5.74, 6) is -0.184. The average molecular weight is 465 g/mol. The SMILES string of the molecule is BCC(c1ccccc1F)(c1ccccc1F)c1ncc(C)n1-c1ccc(Br)cc1. The summed E-state index contributed by atoms with van der Waals surface area (Å²) in [6, 6.07) is 20.9. The number of aryl methyl sites for hydroxylation is 1. The largest absolute Gasteiger partial charge is 0.300 e. The van der Waals surface area contributed by atoms with Crippen LogP contribution in [0.25, 0.3) is 5.69 Å². The van der Waals surface area contributed by atoms with Crippen molar-refractivity contribution >= 4 is 23.8 Å². The lowest BCUT2D eigenvalue weighted by Gasteiger charge is -2.35. The molecular formula is C24H20BBrF2N2. The smallest absolute Gasteiger partial charge is 0.128 e. The maximum Gasteiger partial charge on any atom is 0.128 e. The molecule has 0 aliphatic rings. The highest BCUT2D eigenvalue weighted by Gasteiger charge is 2.42. The normalized spacial score (nSPS) is 11.6. The van der Waals surface area contributed by atoms with E-state index >= 15 is 8.78 Å². The molecule has 0 radical (unpaired) electrons. The van der Waals surface area contributed by atoms with E-state index in [0.717, 1.165) is 15.9 Å². The van der Waals surface area contributed by atoms with Crippen LogP contribution in [-0.4, -0.2) is 17.4 Å². The monoisotopic (exact) mass is 464 g/mol. The van der Waals surface area contributed by atoms with Gasteiger partial charge in [-0.25, -0.2) is 13.8 Å². The van der Waals surface area contributed by atoms with Crippen LogP contribution in [0.2, 0.25) is 6.32 Å². The van der Waals surface area contributed by atoms with Gasteiger partial charge in [0.25, 0.3) is 0 Å². The third-order valence-electron chi connectivity index (χ3n) is 5.60. The predicted octanol–water partition coefficient (Wildman–Crippen LogP) is 5.61. The molecule has 4 aromatic rings. The summed E-state index contributed by atoms with van der Waals surface area (Å²) >= 11 is 3.47. The number of nitrogens with zero attached hydrogens (tertiary/aromatic N) is 2. The summed E-state index contributed by atoms with van der Waals surface area (Å²) in [7, 11) is 1.94. The molecule has 6 heteroatoms. The molecule has 0 saturated heterocycles. The number of rotatable bonds is 5. The van der Waals surface area contributed by atoms with Crippen LogP contribution in [0.4, 0.5) is 8.78 Å². The molecule has 30 heavy (non-hydrogen) atoms. The molecule has 0 saturated carbocycles. The zero-order chi connectivity index (χ0) is 21.3. The van der Waals surface area contributed by atoms with E-state index in [-0.39, 0.29) is 11.6 Å². The van der Waals surface area contributed by atoms with Gasteiger partial charge >= 0.3 is 0 Å². The number of imidazole rings is 1. The first kappa shape index (κ1) is 20.5. The van der Waals surface area contributed by atoms with Gasteiger partial charge in [-0.3, -0.25) is 0 Å². The minimum Gasteiger partial charge on any atom is -0.300 e. The topological polar surface area (TPSA) is 17.8 Å². The lowest BCUT2D eigenvalue weighted by atomic mass is 9.65. The molecule has 150 valence electrons. The van der Waals surface area contributed by atoms with Crippen LogP contribution in [-0.2, 0) is 5.41 Å². The highest BCUT2D eigenvalue weighted by molar-refractivity contribution is 9.10.